The van der Waals surface area contributed by atoms with E-state index in [0.29, 0.717) is 11.6 Å². The topological polar surface area (TPSA) is 93.1 Å². The molecule has 126 valence electrons. The number of hydrogen-bond donors (Lipinski definition) is 1. The molecule has 0 saturated heterocycles. The van der Waals surface area contributed by atoms with Crippen molar-refractivity contribution >= 4 is 11.7 Å². The molecule has 0 spiro atoms. The first-order valence-corrected chi connectivity index (χ1v) is 7.64. The number of rotatable bonds is 6. The van der Waals surface area contributed by atoms with Crippen LogP contribution in [0.3, 0.4) is 0 Å². The van der Waals surface area contributed by atoms with Gasteiger partial charge in [-0.05, 0) is 36.8 Å². The maximum Gasteiger partial charge on any atom is 0.292 e. The lowest BCUT2D eigenvalue weighted by Gasteiger charge is -2.04. The summed E-state index contributed by atoms with van der Waals surface area (Å²) in [7, 11) is 0. The van der Waals surface area contributed by atoms with Crippen molar-refractivity contribution in [1.82, 2.24) is 9.78 Å². The van der Waals surface area contributed by atoms with Gasteiger partial charge in [-0.2, -0.15) is 10.4 Å². The van der Waals surface area contributed by atoms with E-state index in [2.05, 4.69) is 10.4 Å². The Morgan fingerprint density at radius 2 is 2.24 bits per heavy atom. The third-order valence-electron chi connectivity index (χ3n) is 3.37. The number of carbonyl (C=O) groups is 1. The highest BCUT2D eigenvalue weighted by atomic mass is 16.5. The van der Waals surface area contributed by atoms with Gasteiger partial charge in [0, 0.05) is 12.3 Å². The average molecular weight is 336 g/mol. The van der Waals surface area contributed by atoms with Gasteiger partial charge in [0.1, 0.15) is 24.7 Å². The Bertz CT molecular complexity index is 920. The first-order valence-electron chi connectivity index (χ1n) is 7.64. The molecule has 0 bridgehead atoms. The predicted octanol–water partition coefficient (Wildman–Crippen LogP) is 3.14. The van der Waals surface area contributed by atoms with Gasteiger partial charge in [0.25, 0.3) is 5.91 Å². The molecule has 0 atom stereocenters. The number of benzene rings is 1. The van der Waals surface area contributed by atoms with Gasteiger partial charge in [-0.3, -0.25) is 9.48 Å². The van der Waals surface area contributed by atoms with Gasteiger partial charge < -0.3 is 14.5 Å². The van der Waals surface area contributed by atoms with E-state index in [0.717, 1.165) is 11.3 Å². The smallest absolute Gasteiger partial charge is 0.292 e. The molecule has 7 nitrogen and oxygen atoms in total. The summed E-state index contributed by atoms with van der Waals surface area (Å²) in [5.41, 5.74) is 1.10. The summed E-state index contributed by atoms with van der Waals surface area (Å²) in [5.74, 6) is 1.39. The first-order chi connectivity index (χ1) is 12.1. The zero-order valence-electron chi connectivity index (χ0n) is 13.6. The molecular formula is C18H16N4O3. The van der Waals surface area contributed by atoms with Crippen molar-refractivity contribution in [2.75, 3.05) is 5.32 Å². The number of nitriles is 1. The minimum Gasteiger partial charge on any atom is -0.486 e. The second-order valence-corrected chi connectivity index (χ2v) is 5.38. The second-order valence-electron chi connectivity index (χ2n) is 5.38. The first kappa shape index (κ1) is 16.3. The minimum absolute atomic E-state index is 0.122. The van der Waals surface area contributed by atoms with Gasteiger partial charge in [-0.1, -0.05) is 12.1 Å². The van der Waals surface area contributed by atoms with Crippen molar-refractivity contribution in [3.8, 4) is 11.8 Å². The zero-order valence-corrected chi connectivity index (χ0v) is 13.6. The van der Waals surface area contributed by atoms with Crippen LogP contribution in [0.4, 0.5) is 5.82 Å². The third kappa shape index (κ3) is 4.26. The fourth-order valence-electron chi connectivity index (χ4n) is 2.20. The summed E-state index contributed by atoms with van der Waals surface area (Å²) < 4.78 is 12.6. The number of carbonyl (C=O) groups excluding carboxylic acids is 1. The van der Waals surface area contributed by atoms with Crippen molar-refractivity contribution in [2.24, 2.45) is 0 Å². The number of nitrogens with one attached hydrogen (secondary N) is 1. The van der Waals surface area contributed by atoms with Crippen LogP contribution >= 0.6 is 0 Å². The Morgan fingerprint density at radius 1 is 1.36 bits per heavy atom. The Labute approximate surface area is 144 Å². The van der Waals surface area contributed by atoms with Crippen molar-refractivity contribution in [3.05, 3.63) is 65.7 Å². The van der Waals surface area contributed by atoms with E-state index in [4.69, 9.17) is 14.4 Å². The van der Waals surface area contributed by atoms with Crippen LogP contribution in [0.15, 0.2) is 53.1 Å². The lowest BCUT2D eigenvalue weighted by molar-refractivity contribution is 0.0992. The van der Waals surface area contributed by atoms with Gasteiger partial charge in [0.15, 0.2) is 11.6 Å². The fourth-order valence-corrected chi connectivity index (χ4v) is 2.20. The number of hydrogen-bond acceptors (Lipinski definition) is 5. The van der Waals surface area contributed by atoms with Crippen LogP contribution in [0.1, 0.15) is 21.9 Å². The lowest BCUT2D eigenvalue weighted by Crippen LogP contribution is -2.11. The molecule has 2 aromatic heterocycles. The number of anilines is 1. The maximum atomic E-state index is 12.2. The van der Waals surface area contributed by atoms with Crippen molar-refractivity contribution in [2.45, 2.75) is 20.1 Å². The summed E-state index contributed by atoms with van der Waals surface area (Å²) in [6.07, 6.45) is 1.61. The average Bonchev–Trinajstić information content (AvgIpc) is 3.23. The van der Waals surface area contributed by atoms with Gasteiger partial charge in [0.05, 0.1) is 6.07 Å². The molecular weight excluding hydrogens is 320 g/mol. The number of aryl methyl sites for hydroxylation is 1. The molecule has 2 heterocycles. The predicted molar refractivity (Wildman–Crippen MR) is 90.0 cm³/mol. The van der Waals surface area contributed by atoms with Crippen LogP contribution in [0.5, 0.6) is 5.75 Å². The number of ether oxygens (including phenoxy) is 1. The standard InChI is InChI=1S/C18H16N4O3/c1-13-3-2-4-14(11-13)24-12-15-5-6-16(25-15)18(23)20-17-7-9-22(21-17)10-8-19/h2-7,9,11H,10,12H2,1H3,(H,20,21,23). The van der Waals surface area contributed by atoms with Gasteiger partial charge in [0.2, 0.25) is 0 Å². The molecule has 0 aliphatic rings. The van der Waals surface area contributed by atoms with Gasteiger partial charge in [-0.25, -0.2) is 0 Å². The number of furan rings is 1. The Hall–Kier alpha value is -3.53. The van der Waals surface area contributed by atoms with Gasteiger partial charge >= 0.3 is 0 Å². The van der Waals surface area contributed by atoms with E-state index in [1.165, 1.54) is 4.68 Å². The molecule has 0 aliphatic carbocycles. The molecule has 0 unspecified atom stereocenters. The van der Waals surface area contributed by atoms with Crippen molar-refractivity contribution in [3.63, 3.8) is 0 Å². The van der Waals surface area contributed by atoms with E-state index in [1.54, 1.807) is 24.4 Å². The van der Waals surface area contributed by atoms with E-state index >= 15 is 0 Å². The minimum atomic E-state index is -0.413. The van der Waals surface area contributed by atoms with Crippen LogP contribution in [0.2, 0.25) is 0 Å². The molecule has 1 N–H and O–H groups in total. The maximum absolute atomic E-state index is 12.2. The monoisotopic (exact) mass is 336 g/mol. The molecule has 0 radical (unpaired) electrons. The zero-order chi connectivity index (χ0) is 17.6. The third-order valence-corrected chi connectivity index (χ3v) is 3.37. The Morgan fingerprint density at radius 3 is 3.04 bits per heavy atom. The number of aromatic nitrogens is 2. The summed E-state index contributed by atoms with van der Waals surface area (Å²) in [6, 6.07) is 14.5. The van der Waals surface area contributed by atoms with Crippen molar-refractivity contribution in [1.29, 1.82) is 5.26 Å². The highest BCUT2D eigenvalue weighted by molar-refractivity contribution is 6.01. The second kappa shape index (κ2) is 7.36. The molecule has 0 saturated carbocycles. The van der Waals surface area contributed by atoms with Crippen molar-refractivity contribution < 1.29 is 13.9 Å². The normalized spacial score (nSPS) is 10.2. The molecule has 0 aliphatic heterocycles. The summed E-state index contributed by atoms with van der Waals surface area (Å²) >= 11 is 0. The Balaban J connectivity index is 1.58. The Kier molecular flexibility index (Phi) is 4.81. The summed E-state index contributed by atoms with van der Waals surface area (Å²) in [4.78, 5) is 12.2. The molecule has 1 amide bonds. The number of amides is 1. The van der Waals surface area contributed by atoms with Crippen LogP contribution in [-0.2, 0) is 13.2 Å². The highest BCUT2D eigenvalue weighted by Gasteiger charge is 2.13. The summed E-state index contributed by atoms with van der Waals surface area (Å²) in [5, 5.41) is 15.3. The SMILES string of the molecule is Cc1cccc(OCc2ccc(C(=O)Nc3ccn(CC#N)n3)o2)c1. The van der Waals surface area contributed by atoms with E-state index in [1.807, 2.05) is 37.3 Å². The molecule has 3 aromatic rings. The fraction of sp³-hybridized carbons (Fsp3) is 0.167. The molecule has 25 heavy (non-hydrogen) atoms. The van der Waals surface area contributed by atoms with Crippen LogP contribution < -0.4 is 10.1 Å². The van der Waals surface area contributed by atoms with Gasteiger partial charge in [-0.15, -0.1) is 0 Å². The van der Waals surface area contributed by atoms with Crippen LogP contribution in [0, 0.1) is 18.3 Å². The number of nitrogens with zero attached hydrogens (tertiary/aromatic N) is 3. The molecule has 1 aromatic carbocycles. The van der Waals surface area contributed by atoms with E-state index < -0.39 is 5.91 Å². The van der Waals surface area contributed by atoms with Crippen LogP contribution in [0.25, 0.3) is 0 Å². The highest BCUT2D eigenvalue weighted by Crippen LogP contribution is 2.16. The summed E-state index contributed by atoms with van der Waals surface area (Å²) in [6.45, 7) is 2.34. The quantitative estimate of drug-likeness (QED) is 0.746. The van der Waals surface area contributed by atoms with E-state index in [9.17, 15) is 4.79 Å². The molecule has 3 rings (SSSR count). The van der Waals surface area contributed by atoms with E-state index in [-0.39, 0.29) is 18.9 Å². The largest absolute Gasteiger partial charge is 0.486 e. The lowest BCUT2D eigenvalue weighted by atomic mass is 10.2. The molecule has 7 heteroatoms. The van der Waals surface area contributed by atoms with Crippen LogP contribution in [-0.4, -0.2) is 15.7 Å². The molecule has 0 fully saturated rings.